The van der Waals surface area contributed by atoms with Crippen LogP contribution in [0.25, 0.3) is 10.9 Å². The summed E-state index contributed by atoms with van der Waals surface area (Å²) in [6.07, 6.45) is 0. The fourth-order valence-electron chi connectivity index (χ4n) is 1.98. The van der Waals surface area contributed by atoms with Gasteiger partial charge in [-0.25, -0.2) is 9.78 Å². The maximum atomic E-state index is 12.0. The lowest BCUT2D eigenvalue weighted by molar-refractivity contribution is 0.0466. The quantitative estimate of drug-likeness (QED) is 0.679. The minimum Gasteiger partial charge on any atom is -0.456 e. The van der Waals surface area contributed by atoms with Gasteiger partial charge in [0.25, 0.3) is 0 Å². The number of nitrogens with zero attached hydrogens (tertiary/aromatic N) is 1. The average molecular weight is 298 g/mol. The van der Waals surface area contributed by atoms with Crippen LogP contribution < -0.4 is 0 Å². The predicted octanol–water partition coefficient (Wildman–Crippen LogP) is 4.25. The molecule has 4 heteroatoms. The SMILES string of the molecule is O=C(OCc1ccc(Cl)cc1)c1ccc2ccccc2n1. The van der Waals surface area contributed by atoms with Crippen molar-refractivity contribution in [1.82, 2.24) is 4.98 Å². The number of fused-ring (bicyclic) bond motifs is 1. The van der Waals surface area contributed by atoms with Gasteiger partial charge in [-0.3, -0.25) is 0 Å². The number of benzene rings is 2. The van der Waals surface area contributed by atoms with Crippen molar-refractivity contribution in [2.75, 3.05) is 0 Å². The maximum Gasteiger partial charge on any atom is 0.357 e. The van der Waals surface area contributed by atoms with Crippen LogP contribution >= 0.6 is 11.6 Å². The number of hydrogen-bond acceptors (Lipinski definition) is 3. The van der Waals surface area contributed by atoms with Gasteiger partial charge in [-0.05, 0) is 29.8 Å². The largest absolute Gasteiger partial charge is 0.456 e. The first kappa shape index (κ1) is 13.6. The van der Waals surface area contributed by atoms with E-state index in [9.17, 15) is 4.79 Å². The second-order valence-corrected chi connectivity index (χ2v) is 5.03. The second kappa shape index (κ2) is 5.94. The van der Waals surface area contributed by atoms with Gasteiger partial charge < -0.3 is 4.74 Å². The van der Waals surface area contributed by atoms with Crippen LogP contribution in [0.15, 0.2) is 60.7 Å². The van der Waals surface area contributed by atoms with Crippen molar-refractivity contribution in [3.8, 4) is 0 Å². The van der Waals surface area contributed by atoms with E-state index < -0.39 is 5.97 Å². The number of halogens is 1. The number of carbonyl (C=O) groups is 1. The van der Waals surface area contributed by atoms with E-state index in [2.05, 4.69) is 4.98 Å². The molecule has 0 saturated heterocycles. The summed E-state index contributed by atoms with van der Waals surface area (Å²) in [4.78, 5) is 16.3. The summed E-state index contributed by atoms with van der Waals surface area (Å²) in [7, 11) is 0. The zero-order valence-corrected chi connectivity index (χ0v) is 11.9. The highest BCUT2D eigenvalue weighted by Gasteiger charge is 2.09. The molecule has 1 aromatic heterocycles. The first-order chi connectivity index (χ1) is 10.2. The molecule has 0 unspecified atom stereocenters. The molecular formula is C17H12ClNO2. The van der Waals surface area contributed by atoms with Crippen LogP contribution in [-0.4, -0.2) is 11.0 Å². The van der Waals surface area contributed by atoms with Gasteiger partial charge in [-0.2, -0.15) is 0 Å². The maximum absolute atomic E-state index is 12.0. The Kier molecular flexibility index (Phi) is 3.84. The Labute approximate surface area is 127 Å². The normalized spacial score (nSPS) is 10.5. The van der Waals surface area contributed by atoms with E-state index in [1.165, 1.54) is 0 Å². The molecule has 0 fully saturated rings. The van der Waals surface area contributed by atoms with E-state index in [0.29, 0.717) is 10.7 Å². The van der Waals surface area contributed by atoms with E-state index >= 15 is 0 Å². The third-order valence-corrected chi connectivity index (χ3v) is 3.34. The van der Waals surface area contributed by atoms with Crippen molar-refractivity contribution < 1.29 is 9.53 Å². The van der Waals surface area contributed by atoms with Crippen LogP contribution in [0, 0.1) is 0 Å². The lowest BCUT2D eigenvalue weighted by Gasteiger charge is -2.05. The first-order valence-electron chi connectivity index (χ1n) is 6.50. The summed E-state index contributed by atoms with van der Waals surface area (Å²) in [5.74, 6) is -0.435. The van der Waals surface area contributed by atoms with Crippen LogP contribution in [0.2, 0.25) is 5.02 Å². The Morgan fingerprint density at radius 1 is 1.00 bits per heavy atom. The molecule has 3 rings (SSSR count). The molecule has 0 spiro atoms. The monoisotopic (exact) mass is 297 g/mol. The molecule has 1 heterocycles. The first-order valence-corrected chi connectivity index (χ1v) is 6.87. The third-order valence-electron chi connectivity index (χ3n) is 3.09. The molecule has 0 bridgehead atoms. The van der Waals surface area contributed by atoms with Gasteiger partial charge in [0.05, 0.1) is 5.52 Å². The van der Waals surface area contributed by atoms with Gasteiger partial charge in [0.1, 0.15) is 12.3 Å². The van der Waals surface area contributed by atoms with E-state index in [0.717, 1.165) is 16.5 Å². The topological polar surface area (TPSA) is 39.2 Å². The Hall–Kier alpha value is -2.39. The molecule has 0 saturated carbocycles. The van der Waals surface area contributed by atoms with Gasteiger partial charge in [0, 0.05) is 10.4 Å². The molecule has 0 aliphatic carbocycles. The summed E-state index contributed by atoms with van der Waals surface area (Å²) >= 11 is 5.81. The fourth-order valence-corrected chi connectivity index (χ4v) is 2.11. The number of esters is 1. The predicted molar refractivity (Wildman–Crippen MR) is 82.3 cm³/mol. The Morgan fingerprint density at radius 2 is 1.76 bits per heavy atom. The lowest BCUT2D eigenvalue weighted by Crippen LogP contribution is -2.07. The lowest BCUT2D eigenvalue weighted by atomic mass is 10.2. The summed E-state index contributed by atoms with van der Waals surface area (Å²) in [6, 6.07) is 18.3. The molecule has 0 aliphatic rings. The molecule has 0 atom stereocenters. The molecular weight excluding hydrogens is 286 g/mol. The van der Waals surface area contributed by atoms with E-state index in [-0.39, 0.29) is 6.61 Å². The van der Waals surface area contributed by atoms with Gasteiger partial charge in [0.15, 0.2) is 0 Å². The van der Waals surface area contributed by atoms with E-state index in [1.54, 1.807) is 18.2 Å². The highest BCUT2D eigenvalue weighted by Crippen LogP contribution is 2.14. The smallest absolute Gasteiger partial charge is 0.357 e. The van der Waals surface area contributed by atoms with Crippen LogP contribution in [0.4, 0.5) is 0 Å². The Balaban J connectivity index is 1.73. The summed E-state index contributed by atoms with van der Waals surface area (Å²) < 4.78 is 5.26. The number of aromatic nitrogens is 1. The summed E-state index contributed by atoms with van der Waals surface area (Å²) in [5.41, 5.74) is 1.97. The molecule has 0 amide bonds. The van der Waals surface area contributed by atoms with Gasteiger partial charge in [-0.1, -0.05) is 48.0 Å². The zero-order valence-electron chi connectivity index (χ0n) is 11.1. The van der Waals surface area contributed by atoms with Crippen molar-refractivity contribution >= 4 is 28.5 Å². The van der Waals surface area contributed by atoms with Crippen molar-refractivity contribution in [2.24, 2.45) is 0 Å². The summed E-state index contributed by atoms with van der Waals surface area (Å²) in [5, 5.41) is 1.65. The standard InChI is InChI=1S/C17H12ClNO2/c18-14-8-5-12(6-9-14)11-21-17(20)16-10-7-13-3-1-2-4-15(13)19-16/h1-10H,11H2. The average Bonchev–Trinajstić information content (AvgIpc) is 2.53. The third kappa shape index (κ3) is 3.20. The number of ether oxygens (including phenoxy) is 1. The number of para-hydroxylation sites is 1. The summed E-state index contributed by atoms with van der Waals surface area (Å²) in [6.45, 7) is 0.199. The van der Waals surface area contributed by atoms with Crippen LogP contribution in [-0.2, 0) is 11.3 Å². The van der Waals surface area contributed by atoms with Gasteiger partial charge in [-0.15, -0.1) is 0 Å². The van der Waals surface area contributed by atoms with Crippen LogP contribution in [0.3, 0.4) is 0 Å². The van der Waals surface area contributed by atoms with Gasteiger partial charge >= 0.3 is 5.97 Å². The Bertz CT molecular complexity index is 784. The molecule has 2 aromatic carbocycles. The van der Waals surface area contributed by atoms with E-state index in [1.807, 2.05) is 42.5 Å². The zero-order chi connectivity index (χ0) is 14.7. The van der Waals surface area contributed by atoms with Gasteiger partial charge in [0.2, 0.25) is 0 Å². The minimum atomic E-state index is -0.435. The van der Waals surface area contributed by atoms with Crippen molar-refractivity contribution in [2.45, 2.75) is 6.61 Å². The molecule has 104 valence electrons. The van der Waals surface area contributed by atoms with Crippen molar-refractivity contribution in [1.29, 1.82) is 0 Å². The van der Waals surface area contributed by atoms with Crippen LogP contribution in [0.1, 0.15) is 16.1 Å². The van der Waals surface area contributed by atoms with Crippen molar-refractivity contribution in [3.63, 3.8) is 0 Å². The Morgan fingerprint density at radius 3 is 2.57 bits per heavy atom. The van der Waals surface area contributed by atoms with E-state index in [4.69, 9.17) is 16.3 Å². The highest BCUT2D eigenvalue weighted by molar-refractivity contribution is 6.30. The molecule has 0 N–H and O–H groups in total. The number of carbonyl (C=O) groups excluding carboxylic acids is 1. The number of rotatable bonds is 3. The molecule has 21 heavy (non-hydrogen) atoms. The fraction of sp³-hybridized carbons (Fsp3) is 0.0588. The highest BCUT2D eigenvalue weighted by atomic mass is 35.5. The second-order valence-electron chi connectivity index (χ2n) is 4.59. The molecule has 3 nitrogen and oxygen atoms in total. The number of hydrogen-bond donors (Lipinski definition) is 0. The molecule has 0 radical (unpaired) electrons. The van der Waals surface area contributed by atoms with Crippen LogP contribution in [0.5, 0.6) is 0 Å². The molecule has 0 aliphatic heterocycles. The molecule has 3 aromatic rings. The minimum absolute atomic E-state index is 0.199. The number of pyridine rings is 1. The van der Waals surface area contributed by atoms with Crippen molar-refractivity contribution in [3.05, 3.63) is 76.9 Å².